The van der Waals surface area contributed by atoms with Crippen molar-refractivity contribution in [2.24, 2.45) is 0 Å². The fraction of sp³-hybridized carbons (Fsp3) is 0.600. The van der Waals surface area contributed by atoms with Gasteiger partial charge in [-0.1, -0.05) is 18.9 Å². The summed E-state index contributed by atoms with van der Waals surface area (Å²) < 4.78 is 18.5. The normalized spacial score (nSPS) is 23.6. The van der Waals surface area contributed by atoms with Gasteiger partial charge < -0.3 is 9.84 Å². The van der Waals surface area contributed by atoms with Crippen LogP contribution in [-0.2, 0) is 6.54 Å². The Bertz CT molecular complexity index is 425. The van der Waals surface area contributed by atoms with Gasteiger partial charge in [0, 0.05) is 12.6 Å². The maximum atomic E-state index is 13.6. The lowest BCUT2D eigenvalue weighted by Crippen LogP contribution is -2.42. The lowest BCUT2D eigenvalue weighted by molar-refractivity contribution is 0.0288. The Labute approximate surface area is 114 Å². The molecule has 0 amide bonds. The molecule has 19 heavy (non-hydrogen) atoms. The zero-order chi connectivity index (χ0) is 13.8. The second kappa shape index (κ2) is 6.35. The van der Waals surface area contributed by atoms with E-state index in [4.69, 9.17) is 4.74 Å². The molecule has 2 unspecified atom stereocenters. The van der Waals surface area contributed by atoms with Gasteiger partial charge in [0.2, 0.25) is 0 Å². The number of aliphatic hydroxyl groups excluding tert-OH is 1. The van der Waals surface area contributed by atoms with Crippen molar-refractivity contribution in [2.45, 2.75) is 44.4 Å². The van der Waals surface area contributed by atoms with Gasteiger partial charge in [0.15, 0.2) is 11.6 Å². The molecular weight excluding hydrogens is 245 g/mol. The Balaban J connectivity index is 2.01. The first-order valence-corrected chi connectivity index (χ1v) is 6.82. The molecule has 0 spiro atoms. The van der Waals surface area contributed by atoms with Crippen LogP contribution in [0.25, 0.3) is 0 Å². The van der Waals surface area contributed by atoms with Crippen LogP contribution in [0.1, 0.15) is 31.2 Å². The van der Waals surface area contributed by atoms with Crippen LogP contribution >= 0.6 is 0 Å². The summed E-state index contributed by atoms with van der Waals surface area (Å²) in [5.41, 5.74) is 0.901. The van der Waals surface area contributed by atoms with Gasteiger partial charge in [-0.15, -0.1) is 0 Å². The molecule has 1 saturated carbocycles. The third-order valence-corrected chi connectivity index (χ3v) is 3.91. The zero-order valence-corrected chi connectivity index (χ0v) is 11.6. The van der Waals surface area contributed by atoms with Crippen molar-refractivity contribution in [3.8, 4) is 5.75 Å². The number of methoxy groups -OCH3 is 1. The van der Waals surface area contributed by atoms with E-state index >= 15 is 0 Å². The second-order valence-corrected chi connectivity index (χ2v) is 5.30. The largest absolute Gasteiger partial charge is 0.494 e. The van der Waals surface area contributed by atoms with E-state index in [2.05, 4.69) is 4.90 Å². The van der Waals surface area contributed by atoms with E-state index in [-0.39, 0.29) is 23.7 Å². The monoisotopic (exact) mass is 267 g/mol. The average molecular weight is 267 g/mol. The molecule has 2 rings (SSSR count). The Morgan fingerprint density at radius 1 is 1.37 bits per heavy atom. The van der Waals surface area contributed by atoms with Gasteiger partial charge in [-0.3, -0.25) is 4.90 Å². The Morgan fingerprint density at radius 2 is 2.11 bits per heavy atom. The highest BCUT2D eigenvalue weighted by molar-refractivity contribution is 5.29. The minimum absolute atomic E-state index is 0.180. The van der Waals surface area contributed by atoms with E-state index in [1.54, 1.807) is 6.07 Å². The number of rotatable bonds is 4. The molecular formula is C15H22FNO2. The molecule has 106 valence electrons. The first kappa shape index (κ1) is 14.3. The molecule has 0 saturated heterocycles. The van der Waals surface area contributed by atoms with Crippen molar-refractivity contribution in [3.63, 3.8) is 0 Å². The maximum absolute atomic E-state index is 13.6. The fourth-order valence-electron chi connectivity index (χ4n) is 2.82. The maximum Gasteiger partial charge on any atom is 0.165 e. The number of nitrogens with zero attached hydrogens (tertiary/aromatic N) is 1. The van der Waals surface area contributed by atoms with Crippen molar-refractivity contribution in [1.29, 1.82) is 0 Å². The van der Waals surface area contributed by atoms with E-state index < -0.39 is 0 Å². The lowest BCUT2D eigenvalue weighted by Gasteiger charge is -2.35. The van der Waals surface area contributed by atoms with Crippen molar-refractivity contribution in [3.05, 3.63) is 29.6 Å². The third-order valence-electron chi connectivity index (χ3n) is 3.91. The van der Waals surface area contributed by atoms with Crippen LogP contribution in [0.5, 0.6) is 5.75 Å². The number of halogens is 1. The number of hydrogen-bond acceptors (Lipinski definition) is 3. The average Bonchev–Trinajstić information content (AvgIpc) is 2.39. The van der Waals surface area contributed by atoms with Crippen LogP contribution in [0.3, 0.4) is 0 Å². The Kier molecular flexibility index (Phi) is 4.77. The molecule has 2 atom stereocenters. The van der Waals surface area contributed by atoms with Crippen LogP contribution in [0, 0.1) is 5.82 Å². The summed E-state index contributed by atoms with van der Waals surface area (Å²) in [6, 6.07) is 5.20. The minimum Gasteiger partial charge on any atom is -0.494 e. The summed E-state index contributed by atoms with van der Waals surface area (Å²) in [6.07, 6.45) is 3.87. The molecule has 0 aromatic heterocycles. The molecule has 1 aliphatic carbocycles. The summed E-state index contributed by atoms with van der Waals surface area (Å²) in [7, 11) is 3.45. The smallest absolute Gasteiger partial charge is 0.165 e. The van der Waals surface area contributed by atoms with Gasteiger partial charge in [-0.05, 0) is 37.6 Å². The van der Waals surface area contributed by atoms with Crippen LogP contribution in [-0.4, -0.2) is 36.3 Å². The number of ether oxygens (including phenoxy) is 1. The summed E-state index contributed by atoms with van der Waals surface area (Å²) in [5.74, 6) is -0.0679. The topological polar surface area (TPSA) is 32.7 Å². The van der Waals surface area contributed by atoms with Gasteiger partial charge in [-0.2, -0.15) is 0 Å². The summed E-state index contributed by atoms with van der Waals surface area (Å²) in [6.45, 7) is 0.642. The first-order chi connectivity index (χ1) is 9.11. The van der Waals surface area contributed by atoms with Crippen LogP contribution in [0.2, 0.25) is 0 Å². The van der Waals surface area contributed by atoms with Crippen molar-refractivity contribution < 1.29 is 14.2 Å². The van der Waals surface area contributed by atoms with Gasteiger partial charge in [-0.25, -0.2) is 4.39 Å². The fourth-order valence-corrected chi connectivity index (χ4v) is 2.82. The second-order valence-electron chi connectivity index (χ2n) is 5.30. The van der Waals surface area contributed by atoms with E-state index in [1.165, 1.54) is 13.2 Å². The van der Waals surface area contributed by atoms with Gasteiger partial charge in [0.05, 0.1) is 13.2 Å². The lowest BCUT2D eigenvalue weighted by atomic mass is 9.91. The molecule has 0 radical (unpaired) electrons. The van der Waals surface area contributed by atoms with Crippen LogP contribution in [0.15, 0.2) is 18.2 Å². The van der Waals surface area contributed by atoms with Crippen molar-refractivity contribution >= 4 is 0 Å². The number of aliphatic hydroxyl groups is 1. The van der Waals surface area contributed by atoms with Crippen molar-refractivity contribution in [2.75, 3.05) is 14.2 Å². The molecule has 1 aromatic rings. The molecule has 1 aliphatic rings. The third kappa shape index (κ3) is 3.45. The summed E-state index contributed by atoms with van der Waals surface area (Å²) in [5, 5.41) is 10.0. The quantitative estimate of drug-likeness (QED) is 0.910. The molecule has 0 heterocycles. The SMILES string of the molecule is COc1ccc(CN(C)C2CCCCC2O)cc1F. The summed E-state index contributed by atoms with van der Waals surface area (Å²) in [4.78, 5) is 2.12. The minimum atomic E-state index is -0.336. The highest BCUT2D eigenvalue weighted by atomic mass is 19.1. The van der Waals surface area contributed by atoms with Gasteiger partial charge in [0.25, 0.3) is 0 Å². The molecule has 4 heteroatoms. The standard InChI is InChI=1S/C15H22FNO2/c1-17(13-5-3-4-6-14(13)18)10-11-7-8-15(19-2)12(16)9-11/h7-9,13-14,18H,3-6,10H2,1-2H3. The molecule has 1 fully saturated rings. The molecule has 1 aromatic carbocycles. The predicted molar refractivity (Wildman–Crippen MR) is 72.7 cm³/mol. The summed E-state index contributed by atoms with van der Waals surface area (Å²) >= 11 is 0. The van der Waals surface area contributed by atoms with E-state index in [0.717, 1.165) is 31.2 Å². The highest BCUT2D eigenvalue weighted by Gasteiger charge is 2.26. The van der Waals surface area contributed by atoms with Crippen LogP contribution < -0.4 is 4.74 Å². The van der Waals surface area contributed by atoms with E-state index in [1.807, 2.05) is 13.1 Å². The Morgan fingerprint density at radius 3 is 2.74 bits per heavy atom. The zero-order valence-electron chi connectivity index (χ0n) is 11.6. The van der Waals surface area contributed by atoms with Crippen LogP contribution in [0.4, 0.5) is 4.39 Å². The first-order valence-electron chi connectivity index (χ1n) is 6.82. The van der Waals surface area contributed by atoms with Gasteiger partial charge in [0.1, 0.15) is 0 Å². The molecule has 1 N–H and O–H groups in total. The van der Waals surface area contributed by atoms with Gasteiger partial charge >= 0.3 is 0 Å². The van der Waals surface area contributed by atoms with Crippen molar-refractivity contribution in [1.82, 2.24) is 4.90 Å². The highest BCUT2D eigenvalue weighted by Crippen LogP contribution is 2.24. The number of likely N-dealkylation sites (N-methyl/N-ethyl adjacent to an activating group) is 1. The molecule has 3 nitrogen and oxygen atoms in total. The molecule has 0 aliphatic heterocycles. The molecule has 0 bridgehead atoms. The number of benzene rings is 1. The van der Waals surface area contributed by atoms with E-state index in [0.29, 0.717) is 6.54 Å². The predicted octanol–water partition coefficient (Wildman–Crippen LogP) is 2.57. The number of hydrogen-bond donors (Lipinski definition) is 1. The Hall–Kier alpha value is -1.13. The van der Waals surface area contributed by atoms with E-state index in [9.17, 15) is 9.50 Å².